The highest BCUT2D eigenvalue weighted by atomic mass is 35.5. The lowest BCUT2D eigenvalue weighted by molar-refractivity contribution is -0.384. The van der Waals surface area contributed by atoms with E-state index in [1.165, 1.54) is 28.8 Å². The molecule has 69 heavy (non-hydrogen) atoms. The molecule has 0 spiro atoms. The Bertz CT molecular complexity index is 2500. The first-order valence-electron chi connectivity index (χ1n) is 24.4. The van der Waals surface area contributed by atoms with Crippen molar-refractivity contribution in [1.29, 1.82) is 0 Å². The SMILES string of the molecule is CC1(CN2CCNCC2)CCC(c2ccc(Cl)cc2)=C(CN2CCN(c3ccc(C(=O)NS(=O)(=O)c4ccc(NC(CCN5CCC(CO)CC5)CSc5ccccc5)c([N+](=O)[O-])c4)cc3)CC2)C1. The molecule has 4 aromatic carbocycles. The number of nitro groups is 1. The Labute approximate surface area is 417 Å². The Morgan fingerprint density at radius 3 is 2.30 bits per heavy atom. The molecule has 14 nitrogen and oxygen atoms in total. The summed E-state index contributed by atoms with van der Waals surface area (Å²) in [6, 6.07) is 28.7. The molecule has 0 radical (unpaired) electrons. The van der Waals surface area contributed by atoms with Crippen molar-refractivity contribution in [3.05, 3.63) is 129 Å². The number of sulfonamides is 1. The van der Waals surface area contributed by atoms with Gasteiger partial charge in [-0.2, -0.15) is 0 Å². The van der Waals surface area contributed by atoms with Gasteiger partial charge in [0.15, 0.2) is 0 Å². The van der Waals surface area contributed by atoms with E-state index in [1.54, 1.807) is 23.9 Å². The molecule has 3 fully saturated rings. The van der Waals surface area contributed by atoms with Gasteiger partial charge in [0.2, 0.25) is 0 Å². The molecule has 370 valence electrons. The second-order valence-electron chi connectivity index (χ2n) is 19.5. The third-order valence-electron chi connectivity index (χ3n) is 14.4. The molecule has 2 atom stereocenters. The lowest BCUT2D eigenvalue weighted by Crippen LogP contribution is -2.49. The van der Waals surface area contributed by atoms with Gasteiger partial charge in [0.1, 0.15) is 5.69 Å². The molecule has 2 unspecified atom stereocenters. The van der Waals surface area contributed by atoms with Gasteiger partial charge in [-0.05, 0) is 135 Å². The minimum Gasteiger partial charge on any atom is -0.396 e. The molecule has 17 heteroatoms. The zero-order chi connectivity index (χ0) is 48.4. The number of anilines is 2. The maximum atomic E-state index is 13.6. The predicted molar refractivity (Wildman–Crippen MR) is 278 cm³/mol. The number of hydrogen-bond donors (Lipinski definition) is 4. The van der Waals surface area contributed by atoms with E-state index in [-0.39, 0.29) is 34.2 Å². The van der Waals surface area contributed by atoms with E-state index in [4.69, 9.17) is 11.6 Å². The van der Waals surface area contributed by atoms with E-state index in [0.29, 0.717) is 18.1 Å². The largest absolute Gasteiger partial charge is 0.396 e. The number of carbonyl (C=O) groups is 1. The maximum absolute atomic E-state index is 13.6. The van der Waals surface area contributed by atoms with Crippen LogP contribution in [-0.2, 0) is 10.0 Å². The molecular formula is C52H67ClN8O6S2. The number of piperidine rings is 1. The highest BCUT2D eigenvalue weighted by Crippen LogP contribution is 2.44. The van der Waals surface area contributed by atoms with Crippen molar-refractivity contribution >= 4 is 61.9 Å². The van der Waals surface area contributed by atoms with Gasteiger partial charge in [0.25, 0.3) is 21.6 Å². The summed E-state index contributed by atoms with van der Waals surface area (Å²) < 4.78 is 29.4. The number of amides is 1. The number of carbonyl (C=O) groups excluding carboxylic acids is 1. The number of aliphatic hydroxyl groups is 1. The van der Waals surface area contributed by atoms with Crippen LogP contribution in [0.25, 0.3) is 5.57 Å². The molecule has 1 aliphatic carbocycles. The number of nitrogens with zero attached hydrogens (tertiary/aromatic N) is 5. The highest BCUT2D eigenvalue weighted by Gasteiger charge is 2.35. The summed E-state index contributed by atoms with van der Waals surface area (Å²) in [4.78, 5) is 35.8. The van der Waals surface area contributed by atoms with Crippen molar-refractivity contribution in [3.63, 3.8) is 0 Å². The molecule has 1 amide bonds. The number of rotatable bonds is 19. The van der Waals surface area contributed by atoms with Crippen molar-refractivity contribution in [3.8, 4) is 0 Å². The van der Waals surface area contributed by atoms with Gasteiger partial charge < -0.3 is 30.4 Å². The van der Waals surface area contributed by atoms with Crippen LogP contribution in [0.2, 0.25) is 5.02 Å². The van der Waals surface area contributed by atoms with E-state index in [0.717, 1.165) is 139 Å². The van der Waals surface area contributed by atoms with Crippen LogP contribution in [0.1, 0.15) is 61.4 Å². The predicted octanol–water partition coefficient (Wildman–Crippen LogP) is 7.71. The molecule has 3 saturated heterocycles. The Kier molecular flexibility index (Phi) is 17.4. The van der Waals surface area contributed by atoms with Gasteiger partial charge in [0, 0.05) is 118 Å². The van der Waals surface area contributed by atoms with Crippen LogP contribution in [0.4, 0.5) is 17.1 Å². The van der Waals surface area contributed by atoms with E-state index >= 15 is 0 Å². The number of allylic oxidation sites excluding steroid dienone is 1. The molecular weight excluding hydrogens is 932 g/mol. The van der Waals surface area contributed by atoms with Crippen LogP contribution < -0.4 is 20.3 Å². The van der Waals surface area contributed by atoms with Crippen LogP contribution in [0.15, 0.2) is 112 Å². The van der Waals surface area contributed by atoms with E-state index in [2.05, 4.69) is 54.0 Å². The fraction of sp³-hybridized carbons (Fsp3) is 0.481. The standard InChI is InChI=1S/C52H67ClN8O6S2/c1-52(38-59-27-22-54-23-28-59)21-17-48(40-7-11-43(53)12-8-40)42(34-52)35-58-29-31-60(32-30-58)45-13-9-41(10-14-45)51(63)56-69(66,67)47-15-16-49(50(33-47)61(64)65)55-44(37-68-46-5-3-2-4-6-46)20-26-57-24-18-39(36-62)19-25-57/h2-16,33,39,44,54-55,62H,17-32,34-38H2,1H3,(H,56,63). The van der Waals surface area contributed by atoms with E-state index in [1.807, 2.05) is 54.6 Å². The summed E-state index contributed by atoms with van der Waals surface area (Å²) in [5.41, 5.74) is 5.36. The minimum atomic E-state index is -4.47. The zero-order valence-corrected chi connectivity index (χ0v) is 42.0. The van der Waals surface area contributed by atoms with Gasteiger partial charge in [-0.25, -0.2) is 13.1 Å². The number of nitrogens with one attached hydrogen (secondary N) is 3. The van der Waals surface area contributed by atoms with Crippen molar-refractivity contribution in [1.82, 2.24) is 24.7 Å². The molecule has 4 aromatic rings. The third-order valence-corrected chi connectivity index (χ3v) is 17.1. The van der Waals surface area contributed by atoms with E-state index < -0.39 is 26.5 Å². The molecule has 8 rings (SSSR count). The van der Waals surface area contributed by atoms with Gasteiger partial charge in [0.05, 0.1) is 9.82 Å². The van der Waals surface area contributed by atoms with E-state index in [9.17, 15) is 28.4 Å². The first kappa shape index (κ1) is 50.9. The van der Waals surface area contributed by atoms with Crippen molar-refractivity contribution in [2.24, 2.45) is 11.3 Å². The van der Waals surface area contributed by atoms with Crippen LogP contribution in [-0.4, -0.2) is 143 Å². The zero-order valence-electron chi connectivity index (χ0n) is 39.7. The van der Waals surface area contributed by atoms with Gasteiger partial charge in [-0.3, -0.25) is 19.8 Å². The highest BCUT2D eigenvalue weighted by molar-refractivity contribution is 7.99. The quantitative estimate of drug-likeness (QED) is 0.0411. The van der Waals surface area contributed by atoms with Crippen LogP contribution in [0.3, 0.4) is 0 Å². The number of aliphatic hydroxyl groups excluding tert-OH is 1. The molecule has 0 saturated carbocycles. The third kappa shape index (κ3) is 13.9. The summed E-state index contributed by atoms with van der Waals surface area (Å²) in [5, 5.41) is 29.6. The minimum absolute atomic E-state index is 0.163. The Hall–Kier alpha value is -4.52. The lowest BCUT2D eigenvalue weighted by atomic mass is 9.71. The molecule has 3 heterocycles. The number of piperazine rings is 2. The fourth-order valence-electron chi connectivity index (χ4n) is 10.3. The molecule has 4 N–H and O–H groups in total. The summed E-state index contributed by atoms with van der Waals surface area (Å²) in [6.45, 7) is 14.9. The molecule has 3 aliphatic heterocycles. The Morgan fingerprint density at radius 1 is 0.913 bits per heavy atom. The number of thioether (sulfide) groups is 1. The normalized spacial score (nSPS) is 20.7. The second-order valence-corrected chi connectivity index (χ2v) is 22.7. The Balaban J connectivity index is 0.876. The smallest absolute Gasteiger partial charge is 0.293 e. The summed E-state index contributed by atoms with van der Waals surface area (Å²) >= 11 is 7.94. The Morgan fingerprint density at radius 2 is 1.62 bits per heavy atom. The summed E-state index contributed by atoms with van der Waals surface area (Å²) in [6.07, 6.45) is 5.84. The number of benzene rings is 4. The average Bonchev–Trinajstić information content (AvgIpc) is 3.36. The van der Waals surface area contributed by atoms with Crippen molar-refractivity contribution < 1.29 is 23.2 Å². The maximum Gasteiger partial charge on any atom is 0.293 e. The lowest BCUT2D eigenvalue weighted by Gasteiger charge is -2.43. The second kappa shape index (κ2) is 23.6. The number of likely N-dealkylation sites (tertiary alicyclic amines) is 1. The summed E-state index contributed by atoms with van der Waals surface area (Å²) in [7, 11) is -4.47. The van der Waals surface area contributed by atoms with Crippen LogP contribution in [0.5, 0.6) is 0 Å². The number of hydrogen-bond acceptors (Lipinski definition) is 13. The average molecular weight is 1000 g/mol. The first-order valence-corrected chi connectivity index (χ1v) is 27.3. The summed E-state index contributed by atoms with van der Waals surface area (Å²) in [5.74, 6) is 0.127. The fourth-order valence-corrected chi connectivity index (χ4v) is 12.4. The van der Waals surface area contributed by atoms with Crippen molar-refractivity contribution in [2.75, 3.05) is 108 Å². The van der Waals surface area contributed by atoms with Gasteiger partial charge in [-0.1, -0.05) is 54.4 Å². The van der Waals surface area contributed by atoms with Crippen molar-refractivity contribution in [2.45, 2.75) is 61.3 Å². The van der Waals surface area contributed by atoms with Gasteiger partial charge in [-0.15, -0.1) is 11.8 Å². The van der Waals surface area contributed by atoms with Gasteiger partial charge >= 0.3 is 0 Å². The number of halogens is 1. The topological polar surface area (TPSA) is 164 Å². The molecule has 0 aromatic heterocycles. The molecule has 0 bridgehead atoms. The van der Waals surface area contributed by atoms with Crippen LogP contribution >= 0.6 is 23.4 Å². The monoisotopic (exact) mass is 998 g/mol. The molecule has 4 aliphatic rings. The number of nitro benzene ring substituents is 1. The van der Waals surface area contributed by atoms with Crippen LogP contribution in [0, 0.1) is 21.4 Å². The first-order chi connectivity index (χ1) is 33.3.